The summed E-state index contributed by atoms with van der Waals surface area (Å²) in [7, 11) is -3.71. The minimum Gasteiger partial charge on any atom is -0.456 e. The molecule has 3 rings (SSSR count). The van der Waals surface area contributed by atoms with Crippen LogP contribution in [0.3, 0.4) is 0 Å². The van der Waals surface area contributed by atoms with Gasteiger partial charge in [-0.25, -0.2) is 19.8 Å². The molecule has 0 heterocycles. The molecule has 0 radical (unpaired) electrons. The third kappa shape index (κ3) is 6.62. The van der Waals surface area contributed by atoms with E-state index in [1.165, 1.54) is 24.3 Å². The first kappa shape index (κ1) is 25.3. The molecule has 0 fully saturated rings. The fourth-order valence-corrected chi connectivity index (χ4v) is 4.73. The lowest BCUT2D eigenvalue weighted by Gasteiger charge is -2.14. The molecule has 7 nitrogen and oxygen atoms in total. The molecule has 0 aromatic heterocycles. The SMILES string of the molecule is NN/N=C(\N)Cc1cc(Oc2ccc(S(=O)(=O)Cc3ccccc3)cc2Cl)cc(C(F)(F)F)c1. The number of nitrogens with one attached hydrogen (secondary N) is 1. The number of hydrogen-bond acceptors (Lipinski definition) is 6. The highest BCUT2D eigenvalue weighted by atomic mass is 35.5. The van der Waals surface area contributed by atoms with Crippen LogP contribution in [0, 0.1) is 0 Å². The standard InChI is InChI=1S/C22H20ClF3N4O3S/c23-19-12-18(34(31,32)13-14-4-2-1-3-5-14)6-7-20(19)33-17-9-15(10-21(27)29-30-28)8-16(11-17)22(24,25)26/h1-9,11-12,30H,10,13,28H2,(H2,27,29). The summed E-state index contributed by atoms with van der Waals surface area (Å²) in [5, 5.41) is 3.44. The zero-order chi connectivity index (χ0) is 24.9. The van der Waals surface area contributed by atoms with Crippen molar-refractivity contribution < 1.29 is 26.3 Å². The predicted molar refractivity (Wildman–Crippen MR) is 123 cm³/mol. The van der Waals surface area contributed by atoms with E-state index in [1.54, 1.807) is 30.3 Å². The minimum absolute atomic E-state index is 0.0177. The van der Waals surface area contributed by atoms with Gasteiger partial charge in [0.15, 0.2) is 9.84 Å². The maximum Gasteiger partial charge on any atom is 0.416 e. The van der Waals surface area contributed by atoms with Crippen LogP contribution in [0.2, 0.25) is 5.02 Å². The fourth-order valence-electron chi connectivity index (χ4n) is 3.08. The van der Waals surface area contributed by atoms with Gasteiger partial charge < -0.3 is 10.5 Å². The van der Waals surface area contributed by atoms with E-state index in [-0.39, 0.29) is 45.0 Å². The van der Waals surface area contributed by atoms with Gasteiger partial charge in [0.25, 0.3) is 0 Å². The summed E-state index contributed by atoms with van der Waals surface area (Å²) in [6, 6.07) is 15.4. The van der Waals surface area contributed by atoms with Gasteiger partial charge in [-0.1, -0.05) is 41.9 Å². The molecule has 3 aromatic rings. The summed E-state index contributed by atoms with van der Waals surface area (Å²) in [5.74, 6) is 4.58. The molecule has 0 saturated heterocycles. The number of nitrogens with zero attached hydrogens (tertiary/aromatic N) is 1. The van der Waals surface area contributed by atoms with Crippen LogP contribution in [0.1, 0.15) is 16.7 Å². The maximum atomic E-state index is 13.4. The van der Waals surface area contributed by atoms with Crippen molar-refractivity contribution in [2.45, 2.75) is 23.2 Å². The Labute approximate surface area is 199 Å². The number of nitrogens with two attached hydrogens (primary N) is 2. The van der Waals surface area contributed by atoms with Gasteiger partial charge in [0.05, 0.1) is 21.2 Å². The third-order valence-electron chi connectivity index (χ3n) is 4.58. The van der Waals surface area contributed by atoms with Crippen molar-refractivity contribution in [1.29, 1.82) is 0 Å². The van der Waals surface area contributed by atoms with Gasteiger partial charge in [-0.05, 0) is 47.5 Å². The van der Waals surface area contributed by atoms with E-state index < -0.39 is 21.6 Å². The number of rotatable bonds is 8. The van der Waals surface area contributed by atoms with Gasteiger partial charge in [0.2, 0.25) is 0 Å². The van der Waals surface area contributed by atoms with Crippen molar-refractivity contribution >= 4 is 27.3 Å². The predicted octanol–water partition coefficient (Wildman–Crippen LogP) is 4.40. The Hall–Kier alpha value is -3.28. The highest BCUT2D eigenvalue weighted by Gasteiger charge is 2.31. The molecule has 0 spiro atoms. The normalized spacial score (nSPS) is 12.4. The molecule has 5 N–H and O–H groups in total. The molecular formula is C22H20ClF3N4O3S. The molecule has 0 amide bonds. The lowest BCUT2D eigenvalue weighted by atomic mass is 10.1. The number of ether oxygens (including phenoxy) is 1. The van der Waals surface area contributed by atoms with E-state index in [9.17, 15) is 21.6 Å². The van der Waals surface area contributed by atoms with Crippen LogP contribution in [-0.2, 0) is 28.2 Å². The number of alkyl halides is 3. The number of amidine groups is 1. The Bertz CT molecular complexity index is 1300. The largest absolute Gasteiger partial charge is 0.456 e. The van der Waals surface area contributed by atoms with Crippen molar-refractivity contribution in [3.63, 3.8) is 0 Å². The highest BCUT2D eigenvalue weighted by Crippen LogP contribution is 2.37. The zero-order valence-corrected chi connectivity index (χ0v) is 19.1. The Kier molecular flexibility index (Phi) is 7.70. The fraction of sp³-hybridized carbons (Fsp3) is 0.136. The molecule has 3 aromatic carbocycles. The zero-order valence-electron chi connectivity index (χ0n) is 17.5. The summed E-state index contributed by atoms with van der Waals surface area (Å²) < 4.78 is 71.1. The quantitative estimate of drug-likeness (QED) is 0.178. The van der Waals surface area contributed by atoms with Crippen LogP contribution >= 0.6 is 11.6 Å². The van der Waals surface area contributed by atoms with Crippen molar-refractivity contribution in [3.8, 4) is 11.5 Å². The Morgan fingerprint density at radius 3 is 2.35 bits per heavy atom. The molecule has 34 heavy (non-hydrogen) atoms. The monoisotopic (exact) mass is 512 g/mol. The number of sulfone groups is 1. The van der Waals surface area contributed by atoms with Crippen LogP contribution in [0.4, 0.5) is 13.2 Å². The topological polar surface area (TPSA) is 120 Å². The second-order valence-corrected chi connectivity index (χ2v) is 9.61. The number of halogens is 4. The average Bonchev–Trinajstić information content (AvgIpc) is 2.75. The van der Waals surface area contributed by atoms with Gasteiger partial charge in [0, 0.05) is 6.42 Å². The van der Waals surface area contributed by atoms with Crippen LogP contribution in [0.25, 0.3) is 0 Å². The molecule has 180 valence electrons. The van der Waals surface area contributed by atoms with Gasteiger partial charge >= 0.3 is 6.18 Å². The molecule has 0 aliphatic heterocycles. The lowest BCUT2D eigenvalue weighted by molar-refractivity contribution is -0.137. The van der Waals surface area contributed by atoms with Gasteiger partial charge in [-0.2, -0.15) is 18.3 Å². The molecule has 0 bridgehead atoms. The average molecular weight is 513 g/mol. The summed E-state index contributed by atoms with van der Waals surface area (Å²) >= 11 is 6.21. The number of hydrogen-bond donors (Lipinski definition) is 3. The van der Waals surface area contributed by atoms with Crippen LogP contribution in [-0.4, -0.2) is 14.3 Å². The van der Waals surface area contributed by atoms with E-state index in [0.29, 0.717) is 5.56 Å². The van der Waals surface area contributed by atoms with Crippen molar-refractivity contribution in [2.75, 3.05) is 0 Å². The van der Waals surface area contributed by atoms with Crippen molar-refractivity contribution in [1.82, 2.24) is 5.53 Å². The van der Waals surface area contributed by atoms with E-state index >= 15 is 0 Å². The first-order chi connectivity index (χ1) is 16.0. The molecular weight excluding hydrogens is 493 g/mol. The molecule has 12 heteroatoms. The van der Waals surface area contributed by atoms with E-state index in [0.717, 1.165) is 12.1 Å². The smallest absolute Gasteiger partial charge is 0.416 e. The van der Waals surface area contributed by atoms with Crippen molar-refractivity contribution in [3.05, 3.63) is 88.4 Å². The molecule has 0 atom stereocenters. The number of hydrazone groups is 1. The molecule has 0 unspecified atom stereocenters. The van der Waals surface area contributed by atoms with Gasteiger partial charge in [-0.15, -0.1) is 0 Å². The lowest BCUT2D eigenvalue weighted by Crippen LogP contribution is -2.24. The summed E-state index contributed by atoms with van der Waals surface area (Å²) in [4.78, 5) is -0.0447. The van der Waals surface area contributed by atoms with E-state index in [1.807, 2.05) is 5.53 Å². The second kappa shape index (κ2) is 10.3. The first-order valence-corrected chi connectivity index (χ1v) is 11.7. The molecule has 0 aliphatic rings. The van der Waals surface area contributed by atoms with Gasteiger partial charge in [-0.3, -0.25) is 0 Å². The Morgan fingerprint density at radius 2 is 1.74 bits per heavy atom. The van der Waals surface area contributed by atoms with Crippen molar-refractivity contribution in [2.24, 2.45) is 16.7 Å². The van der Waals surface area contributed by atoms with Crippen LogP contribution in [0.5, 0.6) is 11.5 Å². The molecule has 0 saturated carbocycles. The highest BCUT2D eigenvalue weighted by molar-refractivity contribution is 7.90. The Morgan fingerprint density at radius 1 is 1.03 bits per heavy atom. The first-order valence-electron chi connectivity index (χ1n) is 9.71. The molecule has 0 aliphatic carbocycles. The van der Waals surface area contributed by atoms with Crippen LogP contribution < -0.4 is 21.8 Å². The number of hydrazine groups is 1. The third-order valence-corrected chi connectivity index (χ3v) is 6.56. The number of benzene rings is 3. The van der Waals surface area contributed by atoms with Crippen LogP contribution in [0.15, 0.2) is 76.7 Å². The van der Waals surface area contributed by atoms with Gasteiger partial charge in [0.1, 0.15) is 17.3 Å². The minimum atomic E-state index is -4.65. The summed E-state index contributed by atoms with van der Waals surface area (Å²) in [6.45, 7) is 0. The van der Waals surface area contributed by atoms with E-state index in [4.69, 9.17) is 27.9 Å². The summed E-state index contributed by atoms with van der Waals surface area (Å²) in [5.41, 5.74) is 7.39. The maximum absolute atomic E-state index is 13.4. The summed E-state index contributed by atoms with van der Waals surface area (Å²) in [6.07, 6.45) is -4.78. The second-order valence-electron chi connectivity index (χ2n) is 7.21. The Balaban J connectivity index is 1.89. The van der Waals surface area contributed by atoms with E-state index in [2.05, 4.69) is 5.10 Å².